The lowest BCUT2D eigenvalue weighted by Gasteiger charge is -2.31. The highest BCUT2D eigenvalue weighted by atomic mass is 32.2. The van der Waals surface area contributed by atoms with Crippen LogP contribution in [0.2, 0.25) is 0 Å². The van der Waals surface area contributed by atoms with Gasteiger partial charge in [0.2, 0.25) is 17.7 Å². The number of rotatable bonds is 7. The van der Waals surface area contributed by atoms with Gasteiger partial charge in [0.05, 0.1) is 5.75 Å². The fourth-order valence-electron chi connectivity index (χ4n) is 3.94. The van der Waals surface area contributed by atoms with Crippen LogP contribution in [0.15, 0.2) is 40.0 Å². The van der Waals surface area contributed by atoms with Crippen molar-refractivity contribution >= 4 is 29.5 Å². The Morgan fingerprint density at radius 3 is 2.62 bits per heavy atom. The first-order valence-electron chi connectivity index (χ1n) is 11.2. The van der Waals surface area contributed by atoms with Crippen LogP contribution < -0.4 is 10.2 Å². The fraction of sp³-hybridized carbons (Fsp3) is 0.478. The average Bonchev–Trinajstić information content (AvgIpc) is 3.37. The molecule has 9 heteroatoms. The number of thioether (sulfide) groups is 1. The molecule has 1 saturated heterocycles. The standard InChI is InChI=1S/C23H28N6O2S/c1-15-3-5-17(6-4-15)19-13-21(31-27-19)24-20(30)14-32-23-26-25-22(29(23)18-7-8-18)28-11-9-16(2)10-12-28/h3-6,13,16,18H,7-12,14H2,1-2H3,(H,24,30). The van der Waals surface area contributed by atoms with Gasteiger partial charge in [0.1, 0.15) is 5.69 Å². The average molecular weight is 453 g/mol. The van der Waals surface area contributed by atoms with Crippen molar-refractivity contribution in [3.63, 3.8) is 0 Å². The van der Waals surface area contributed by atoms with Crippen molar-refractivity contribution in [2.45, 2.75) is 50.7 Å². The van der Waals surface area contributed by atoms with Gasteiger partial charge in [-0.3, -0.25) is 14.7 Å². The molecule has 0 unspecified atom stereocenters. The summed E-state index contributed by atoms with van der Waals surface area (Å²) in [5.41, 5.74) is 2.83. The molecule has 2 aliphatic rings. The third-order valence-corrected chi connectivity index (χ3v) is 7.02. The molecule has 0 spiro atoms. The van der Waals surface area contributed by atoms with Crippen LogP contribution in [0.1, 0.15) is 44.2 Å². The molecule has 8 nitrogen and oxygen atoms in total. The third-order valence-electron chi connectivity index (χ3n) is 6.08. The fourth-order valence-corrected chi connectivity index (χ4v) is 4.74. The van der Waals surface area contributed by atoms with Crippen LogP contribution in [0.4, 0.5) is 11.8 Å². The second kappa shape index (κ2) is 8.97. The monoisotopic (exact) mass is 452 g/mol. The Kier molecular flexibility index (Phi) is 5.91. The van der Waals surface area contributed by atoms with Gasteiger partial charge in [0.25, 0.3) is 0 Å². The molecule has 1 amide bonds. The van der Waals surface area contributed by atoms with Gasteiger partial charge < -0.3 is 9.42 Å². The van der Waals surface area contributed by atoms with Crippen molar-refractivity contribution in [1.29, 1.82) is 0 Å². The van der Waals surface area contributed by atoms with Gasteiger partial charge in [0.15, 0.2) is 5.16 Å². The zero-order chi connectivity index (χ0) is 22.1. The van der Waals surface area contributed by atoms with Crippen LogP contribution >= 0.6 is 11.8 Å². The van der Waals surface area contributed by atoms with Crippen molar-refractivity contribution in [3.8, 4) is 11.3 Å². The highest BCUT2D eigenvalue weighted by molar-refractivity contribution is 7.99. The van der Waals surface area contributed by atoms with Gasteiger partial charge in [-0.1, -0.05) is 53.7 Å². The minimum Gasteiger partial charge on any atom is -0.341 e. The molecule has 1 N–H and O–H groups in total. The number of aromatic nitrogens is 4. The van der Waals surface area contributed by atoms with E-state index < -0.39 is 0 Å². The van der Waals surface area contributed by atoms with Crippen LogP contribution in [0, 0.1) is 12.8 Å². The summed E-state index contributed by atoms with van der Waals surface area (Å²) >= 11 is 1.42. The first kappa shape index (κ1) is 21.1. The highest BCUT2D eigenvalue weighted by Crippen LogP contribution is 2.41. The SMILES string of the molecule is Cc1ccc(-c2cc(NC(=O)CSc3nnc(N4CCC(C)CC4)n3C3CC3)on2)cc1. The lowest BCUT2D eigenvalue weighted by Crippen LogP contribution is -2.34. The molecule has 2 fully saturated rings. The predicted molar refractivity (Wildman–Crippen MR) is 125 cm³/mol. The Morgan fingerprint density at radius 2 is 1.91 bits per heavy atom. The van der Waals surface area contributed by atoms with Crippen LogP contribution in [-0.4, -0.2) is 44.7 Å². The maximum atomic E-state index is 12.5. The second-order valence-electron chi connectivity index (χ2n) is 8.83. The van der Waals surface area contributed by atoms with Crippen LogP contribution in [0.3, 0.4) is 0 Å². The lowest BCUT2D eigenvalue weighted by atomic mass is 10.00. The number of benzene rings is 1. The number of carbonyl (C=O) groups is 1. The lowest BCUT2D eigenvalue weighted by molar-refractivity contribution is -0.113. The number of hydrogen-bond donors (Lipinski definition) is 1. The van der Waals surface area contributed by atoms with Crippen molar-refractivity contribution in [2.24, 2.45) is 5.92 Å². The molecule has 0 atom stereocenters. The van der Waals surface area contributed by atoms with Gasteiger partial charge in [0, 0.05) is 30.8 Å². The molecule has 1 aliphatic carbocycles. The number of nitrogens with one attached hydrogen (secondary N) is 1. The summed E-state index contributed by atoms with van der Waals surface area (Å²) in [5, 5.41) is 16.6. The molecular formula is C23H28N6O2S. The van der Waals surface area contributed by atoms with E-state index >= 15 is 0 Å². The Balaban J connectivity index is 1.21. The van der Waals surface area contributed by atoms with Gasteiger partial charge in [-0.2, -0.15) is 0 Å². The molecule has 32 heavy (non-hydrogen) atoms. The van der Waals surface area contributed by atoms with E-state index in [4.69, 9.17) is 4.52 Å². The van der Waals surface area contributed by atoms with Gasteiger partial charge >= 0.3 is 0 Å². The van der Waals surface area contributed by atoms with Gasteiger partial charge in [-0.25, -0.2) is 0 Å². The van der Waals surface area contributed by atoms with Crippen molar-refractivity contribution in [2.75, 3.05) is 29.1 Å². The Bertz CT molecular complexity index is 1080. The summed E-state index contributed by atoms with van der Waals surface area (Å²) in [6.45, 7) is 6.38. The summed E-state index contributed by atoms with van der Waals surface area (Å²) in [6.07, 6.45) is 4.66. The number of piperidine rings is 1. The van der Waals surface area contributed by atoms with E-state index in [0.29, 0.717) is 17.6 Å². The molecule has 0 bridgehead atoms. The van der Waals surface area contributed by atoms with Crippen molar-refractivity contribution < 1.29 is 9.32 Å². The first-order valence-corrected chi connectivity index (χ1v) is 12.2. The number of aryl methyl sites for hydroxylation is 1. The molecule has 1 aliphatic heterocycles. The summed E-state index contributed by atoms with van der Waals surface area (Å²) in [6, 6.07) is 10.2. The van der Waals surface area contributed by atoms with E-state index in [1.165, 1.54) is 30.2 Å². The quantitative estimate of drug-likeness (QED) is 0.526. The molecule has 3 aromatic rings. The maximum Gasteiger partial charge on any atom is 0.237 e. The Morgan fingerprint density at radius 1 is 1.16 bits per heavy atom. The van der Waals surface area contributed by atoms with Gasteiger partial charge in [-0.15, -0.1) is 10.2 Å². The van der Waals surface area contributed by atoms with Crippen molar-refractivity contribution in [3.05, 3.63) is 35.9 Å². The molecule has 1 aromatic carbocycles. The molecule has 3 heterocycles. The number of anilines is 2. The number of amides is 1. The molecule has 5 rings (SSSR count). The normalized spacial score (nSPS) is 17.0. The zero-order valence-electron chi connectivity index (χ0n) is 18.5. The van der Waals surface area contributed by atoms with Crippen LogP contribution in [0.25, 0.3) is 11.3 Å². The van der Waals surface area contributed by atoms with E-state index in [0.717, 1.165) is 48.5 Å². The summed E-state index contributed by atoms with van der Waals surface area (Å²) in [5.74, 6) is 2.16. The molecular weight excluding hydrogens is 424 g/mol. The van der Waals surface area contributed by atoms with E-state index in [2.05, 4.69) is 37.1 Å². The summed E-state index contributed by atoms with van der Waals surface area (Å²) in [4.78, 5) is 14.9. The first-order chi connectivity index (χ1) is 15.6. The van der Waals surface area contributed by atoms with Gasteiger partial charge in [-0.05, 0) is 38.5 Å². The Hall–Kier alpha value is -2.81. The Labute approximate surface area is 191 Å². The van der Waals surface area contributed by atoms with E-state index in [1.54, 1.807) is 6.07 Å². The van der Waals surface area contributed by atoms with E-state index in [1.807, 2.05) is 31.2 Å². The predicted octanol–water partition coefficient (Wildman–Crippen LogP) is 4.54. The number of carbonyl (C=O) groups excluding carboxylic acids is 1. The van der Waals surface area contributed by atoms with E-state index in [9.17, 15) is 4.79 Å². The molecule has 1 saturated carbocycles. The van der Waals surface area contributed by atoms with Crippen LogP contribution in [0.5, 0.6) is 0 Å². The largest absolute Gasteiger partial charge is 0.341 e. The third kappa shape index (κ3) is 4.67. The number of nitrogens with zero attached hydrogens (tertiary/aromatic N) is 5. The second-order valence-corrected chi connectivity index (χ2v) is 9.78. The zero-order valence-corrected chi connectivity index (χ0v) is 19.3. The molecule has 0 radical (unpaired) electrons. The summed E-state index contributed by atoms with van der Waals surface area (Å²) < 4.78 is 7.54. The maximum absolute atomic E-state index is 12.5. The minimum atomic E-state index is -0.152. The highest BCUT2D eigenvalue weighted by Gasteiger charge is 2.32. The number of hydrogen-bond acceptors (Lipinski definition) is 7. The van der Waals surface area contributed by atoms with Crippen molar-refractivity contribution in [1.82, 2.24) is 19.9 Å². The summed E-state index contributed by atoms with van der Waals surface area (Å²) in [7, 11) is 0. The topological polar surface area (TPSA) is 89.1 Å². The molecule has 2 aromatic heterocycles. The molecule has 168 valence electrons. The van der Waals surface area contributed by atoms with E-state index in [-0.39, 0.29) is 11.7 Å². The smallest absolute Gasteiger partial charge is 0.237 e. The minimum absolute atomic E-state index is 0.152. The van der Waals surface area contributed by atoms with Crippen LogP contribution in [-0.2, 0) is 4.79 Å².